The van der Waals surface area contributed by atoms with Crippen molar-refractivity contribution in [2.24, 2.45) is 0 Å². The van der Waals surface area contributed by atoms with Crippen LogP contribution in [0.3, 0.4) is 0 Å². The maximum Gasteiger partial charge on any atom is 0.239 e. The lowest BCUT2D eigenvalue weighted by molar-refractivity contribution is 0.461. The smallest absolute Gasteiger partial charge is 0.239 e. The second kappa shape index (κ2) is 7.11. The largest absolute Gasteiger partial charge is 0.436 e. The number of nitrogens with zero attached hydrogens (tertiary/aromatic N) is 2. The Morgan fingerprint density at radius 3 is 2.80 bits per heavy atom. The van der Waals surface area contributed by atoms with Gasteiger partial charge in [0.05, 0.1) is 22.4 Å². The van der Waals surface area contributed by atoms with E-state index in [2.05, 4.69) is 38.1 Å². The molecule has 1 aromatic carbocycles. The van der Waals surface area contributed by atoms with Crippen LogP contribution in [0.5, 0.6) is 11.6 Å². The number of nitrogens with one attached hydrogen (secondary N) is 1. The van der Waals surface area contributed by atoms with E-state index in [1.165, 1.54) is 6.20 Å². The van der Waals surface area contributed by atoms with E-state index in [1.54, 1.807) is 18.3 Å². The Hall–Kier alpha value is -1.04. The van der Waals surface area contributed by atoms with Crippen LogP contribution < -0.4 is 10.1 Å². The van der Waals surface area contributed by atoms with Crippen molar-refractivity contribution in [3.63, 3.8) is 0 Å². The molecule has 1 N–H and O–H groups in total. The molecule has 0 spiro atoms. The van der Waals surface area contributed by atoms with Crippen molar-refractivity contribution in [2.45, 2.75) is 13.3 Å². The lowest BCUT2D eigenvalue weighted by Crippen LogP contribution is -2.03. The van der Waals surface area contributed by atoms with E-state index in [0.29, 0.717) is 32.0 Å². The van der Waals surface area contributed by atoms with Crippen LogP contribution in [-0.4, -0.2) is 16.5 Å². The van der Waals surface area contributed by atoms with Crippen LogP contribution >= 0.6 is 39.1 Å². The summed E-state index contributed by atoms with van der Waals surface area (Å²) in [6.07, 6.45) is 4.16. The fourth-order valence-corrected chi connectivity index (χ4v) is 2.26. The quantitative estimate of drug-likeness (QED) is 0.732. The number of halogens is 3. The van der Waals surface area contributed by atoms with Crippen LogP contribution in [0.2, 0.25) is 10.0 Å². The first-order valence-corrected chi connectivity index (χ1v) is 7.53. The molecule has 2 rings (SSSR count). The van der Waals surface area contributed by atoms with E-state index < -0.39 is 0 Å². The summed E-state index contributed by atoms with van der Waals surface area (Å²) in [6, 6.07) is 3.30. The van der Waals surface area contributed by atoms with Crippen molar-refractivity contribution >= 4 is 44.9 Å². The molecule has 1 aromatic heterocycles. The molecule has 0 aliphatic rings. The first-order chi connectivity index (χ1) is 9.60. The SMILES string of the molecule is CCCNc1cncc(Oc2cc(Cl)c(Br)cc2Cl)n1. The van der Waals surface area contributed by atoms with Crippen molar-refractivity contribution in [1.82, 2.24) is 9.97 Å². The Labute approximate surface area is 135 Å². The Morgan fingerprint density at radius 1 is 1.25 bits per heavy atom. The van der Waals surface area contributed by atoms with Gasteiger partial charge >= 0.3 is 0 Å². The summed E-state index contributed by atoms with van der Waals surface area (Å²) in [5, 5.41) is 4.09. The number of ether oxygens (including phenoxy) is 1. The monoisotopic (exact) mass is 375 g/mol. The van der Waals surface area contributed by atoms with Gasteiger partial charge < -0.3 is 10.1 Å². The van der Waals surface area contributed by atoms with Gasteiger partial charge in [0.15, 0.2) is 0 Å². The Kier molecular flexibility index (Phi) is 5.46. The zero-order valence-electron chi connectivity index (χ0n) is 10.7. The summed E-state index contributed by atoms with van der Waals surface area (Å²) in [5.74, 6) is 1.44. The summed E-state index contributed by atoms with van der Waals surface area (Å²) in [4.78, 5) is 8.36. The van der Waals surface area contributed by atoms with Crippen molar-refractivity contribution in [3.8, 4) is 11.6 Å². The topological polar surface area (TPSA) is 47.0 Å². The average molecular weight is 377 g/mol. The van der Waals surface area contributed by atoms with Gasteiger partial charge in [0.2, 0.25) is 5.88 Å². The predicted octanol–water partition coefficient (Wildman–Crippen LogP) is 5.16. The minimum absolute atomic E-state index is 0.353. The normalized spacial score (nSPS) is 10.4. The predicted molar refractivity (Wildman–Crippen MR) is 85.0 cm³/mol. The highest BCUT2D eigenvalue weighted by atomic mass is 79.9. The first kappa shape index (κ1) is 15.4. The zero-order chi connectivity index (χ0) is 14.5. The number of hydrogen-bond acceptors (Lipinski definition) is 4. The zero-order valence-corrected chi connectivity index (χ0v) is 13.8. The van der Waals surface area contributed by atoms with Crippen molar-refractivity contribution < 1.29 is 4.74 Å². The molecular weight excluding hydrogens is 365 g/mol. The Balaban J connectivity index is 2.19. The van der Waals surface area contributed by atoms with Crippen LogP contribution in [0, 0.1) is 0 Å². The molecular formula is C13H12BrCl2N3O. The van der Waals surface area contributed by atoms with Gasteiger partial charge in [-0.3, -0.25) is 4.98 Å². The molecule has 1 heterocycles. The van der Waals surface area contributed by atoms with E-state index in [1.807, 2.05) is 0 Å². The first-order valence-electron chi connectivity index (χ1n) is 5.98. The van der Waals surface area contributed by atoms with Gasteiger partial charge in [0.1, 0.15) is 11.6 Å². The van der Waals surface area contributed by atoms with E-state index in [0.717, 1.165) is 13.0 Å². The highest BCUT2D eigenvalue weighted by Crippen LogP contribution is 2.36. The second-order valence-corrected chi connectivity index (χ2v) is 5.64. The summed E-state index contributed by atoms with van der Waals surface area (Å²) < 4.78 is 6.32. The molecule has 20 heavy (non-hydrogen) atoms. The van der Waals surface area contributed by atoms with Crippen LogP contribution in [0.15, 0.2) is 29.0 Å². The molecule has 2 aromatic rings. The van der Waals surface area contributed by atoms with Crippen LogP contribution in [0.25, 0.3) is 0 Å². The number of benzene rings is 1. The minimum Gasteiger partial charge on any atom is -0.436 e. The number of anilines is 1. The molecule has 0 unspecified atom stereocenters. The summed E-state index contributed by atoms with van der Waals surface area (Å²) in [6.45, 7) is 2.90. The highest BCUT2D eigenvalue weighted by molar-refractivity contribution is 9.10. The molecule has 0 radical (unpaired) electrons. The van der Waals surface area contributed by atoms with Gasteiger partial charge in [-0.25, -0.2) is 0 Å². The summed E-state index contributed by atoms with van der Waals surface area (Å²) in [7, 11) is 0. The fourth-order valence-electron chi connectivity index (χ4n) is 1.43. The van der Waals surface area contributed by atoms with Crippen molar-refractivity contribution in [1.29, 1.82) is 0 Å². The molecule has 7 heteroatoms. The van der Waals surface area contributed by atoms with Gasteiger partial charge in [-0.15, -0.1) is 0 Å². The summed E-state index contributed by atoms with van der Waals surface area (Å²) in [5.41, 5.74) is 0. The average Bonchev–Trinajstić information content (AvgIpc) is 2.43. The van der Waals surface area contributed by atoms with Crippen molar-refractivity contribution in [3.05, 3.63) is 39.0 Å². The van der Waals surface area contributed by atoms with Crippen molar-refractivity contribution in [2.75, 3.05) is 11.9 Å². The molecule has 0 fully saturated rings. The van der Waals surface area contributed by atoms with Gasteiger partial charge in [-0.1, -0.05) is 30.1 Å². The second-order valence-electron chi connectivity index (χ2n) is 3.97. The standard InChI is InChI=1S/C13H12BrCl2N3O/c1-2-3-18-12-6-17-7-13(19-12)20-11-5-9(15)8(14)4-10(11)16/h4-7H,2-3H2,1H3,(H,18,19). The Bertz CT molecular complexity index is 610. The minimum atomic E-state index is 0.353. The number of aromatic nitrogens is 2. The molecule has 0 aliphatic heterocycles. The van der Waals surface area contributed by atoms with Gasteiger partial charge in [-0.05, 0) is 28.4 Å². The molecule has 106 valence electrons. The maximum absolute atomic E-state index is 6.10. The van der Waals surface area contributed by atoms with E-state index >= 15 is 0 Å². The number of rotatable bonds is 5. The fraction of sp³-hybridized carbons (Fsp3) is 0.231. The molecule has 0 aliphatic carbocycles. The Morgan fingerprint density at radius 2 is 2.05 bits per heavy atom. The molecule has 0 amide bonds. The third kappa shape index (κ3) is 3.98. The van der Waals surface area contributed by atoms with Gasteiger partial charge in [0.25, 0.3) is 0 Å². The third-order valence-corrected chi connectivity index (χ3v) is 3.85. The summed E-state index contributed by atoms with van der Waals surface area (Å²) >= 11 is 15.4. The molecule has 0 atom stereocenters. The molecule has 4 nitrogen and oxygen atoms in total. The van der Waals surface area contributed by atoms with Gasteiger partial charge in [-0.2, -0.15) is 4.98 Å². The van der Waals surface area contributed by atoms with E-state index in [9.17, 15) is 0 Å². The maximum atomic E-state index is 6.10. The molecule has 0 bridgehead atoms. The molecule has 0 saturated heterocycles. The third-order valence-electron chi connectivity index (χ3n) is 2.36. The molecule has 0 saturated carbocycles. The van der Waals surface area contributed by atoms with Crippen LogP contribution in [0.4, 0.5) is 5.82 Å². The number of hydrogen-bond donors (Lipinski definition) is 1. The highest BCUT2D eigenvalue weighted by Gasteiger charge is 2.09. The van der Waals surface area contributed by atoms with Gasteiger partial charge in [0, 0.05) is 17.1 Å². The lowest BCUT2D eigenvalue weighted by Gasteiger charge is -2.09. The lowest BCUT2D eigenvalue weighted by atomic mass is 10.3. The van der Waals surface area contributed by atoms with Crippen LogP contribution in [0.1, 0.15) is 13.3 Å². The van der Waals surface area contributed by atoms with E-state index in [-0.39, 0.29) is 0 Å². The van der Waals surface area contributed by atoms with Crippen LogP contribution in [-0.2, 0) is 0 Å². The van der Waals surface area contributed by atoms with E-state index in [4.69, 9.17) is 27.9 Å².